The average Bonchev–Trinajstić information content (AvgIpc) is 3.23. The largest absolute Gasteiger partial charge is 0.495 e. The zero-order valence-corrected chi connectivity index (χ0v) is 19.6. The first-order valence-corrected chi connectivity index (χ1v) is 11.5. The van der Waals surface area contributed by atoms with E-state index in [2.05, 4.69) is 10.3 Å². The summed E-state index contributed by atoms with van der Waals surface area (Å²) in [7, 11) is 0.529. The van der Waals surface area contributed by atoms with Crippen LogP contribution in [-0.4, -0.2) is 44.8 Å². The van der Waals surface area contributed by atoms with Crippen molar-refractivity contribution in [2.45, 2.75) is 31.6 Å². The van der Waals surface area contributed by atoms with Crippen LogP contribution >= 0.6 is 0 Å². The molecule has 0 unspecified atom stereocenters. The first-order chi connectivity index (χ1) is 15.1. The number of aryl methyl sites for hydroxylation is 3. The molecule has 0 atom stereocenters. The van der Waals surface area contributed by atoms with Crippen LogP contribution in [0.5, 0.6) is 5.75 Å². The van der Waals surface area contributed by atoms with Gasteiger partial charge in [-0.2, -0.15) is 0 Å². The van der Waals surface area contributed by atoms with Gasteiger partial charge in [0.2, 0.25) is 15.9 Å². The Morgan fingerprint density at radius 3 is 2.53 bits per heavy atom. The van der Waals surface area contributed by atoms with E-state index in [0.717, 1.165) is 15.4 Å². The summed E-state index contributed by atoms with van der Waals surface area (Å²) in [6.45, 7) is 4.08. The molecule has 2 aromatic carbocycles. The minimum atomic E-state index is -3.73. The van der Waals surface area contributed by atoms with Gasteiger partial charge in [0, 0.05) is 38.2 Å². The first-order valence-electron chi connectivity index (χ1n) is 10.0. The number of rotatable bonds is 8. The van der Waals surface area contributed by atoms with Gasteiger partial charge in [-0.25, -0.2) is 17.7 Å². The van der Waals surface area contributed by atoms with Gasteiger partial charge in [-0.15, -0.1) is 0 Å². The summed E-state index contributed by atoms with van der Waals surface area (Å²) in [5.41, 5.74) is 3.66. The van der Waals surface area contributed by atoms with E-state index < -0.39 is 10.0 Å². The Bertz CT molecular complexity index is 1230. The number of anilines is 1. The van der Waals surface area contributed by atoms with E-state index in [-0.39, 0.29) is 23.0 Å². The van der Waals surface area contributed by atoms with Crippen LogP contribution in [0, 0.1) is 13.8 Å². The second-order valence-electron chi connectivity index (χ2n) is 7.62. The normalized spacial score (nSPS) is 11.6. The van der Waals surface area contributed by atoms with Crippen LogP contribution in [0.1, 0.15) is 23.4 Å². The molecule has 9 heteroatoms. The number of hydrogen-bond acceptors (Lipinski definition) is 6. The molecule has 0 aliphatic rings. The van der Waals surface area contributed by atoms with E-state index in [4.69, 9.17) is 9.15 Å². The molecule has 0 aliphatic heterocycles. The van der Waals surface area contributed by atoms with Crippen LogP contribution in [-0.2, 0) is 21.2 Å². The fourth-order valence-electron chi connectivity index (χ4n) is 3.05. The van der Waals surface area contributed by atoms with E-state index >= 15 is 0 Å². The number of carbonyl (C=O) groups excluding carboxylic acids is 1. The van der Waals surface area contributed by atoms with Crippen molar-refractivity contribution in [1.29, 1.82) is 0 Å². The second kappa shape index (κ2) is 9.54. The number of ether oxygens (including phenoxy) is 1. The molecule has 32 heavy (non-hydrogen) atoms. The van der Waals surface area contributed by atoms with Gasteiger partial charge in [0.1, 0.15) is 10.6 Å². The molecule has 0 radical (unpaired) electrons. The van der Waals surface area contributed by atoms with Crippen LogP contribution in [0.4, 0.5) is 5.69 Å². The summed E-state index contributed by atoms with van der Waals surface area (Å²) in [6, 6.07) is 10.5. The molecule has 1 N–H and O–H groups in total. The third-order valence-corrected chi connectivity index (χ3v) is 6.95. The van der Waals surface area contributed by atoms with E-state index in [0.29, 0.717) is 23.8 Å². The molecule has 1 amide bonds. The van der Waals surface area contributed by atoms with Gasteiger partial charge >= 0.3 is 0 Å². The number of nitrogens with one attached hydrogen (secondary N) is 1. The van der Waals surface area contributed by atoms with Crippen molar-refractivity contribution < 1.29 is 22.4 Å². The van der Waals surface area contributed by atoms with Crippen LogP contribution in [0.2, 0.25) is 0 Å². The number of oxazole rings is 1. The molecule has 0 fully saturated rings. The monoisotopic (exact) mass is 457 g/mol. The Morgan fingerprint density at radius 1 is 1.12 bits per heavy atom. The second-order valence-corrected chi connectivity index (χ2v) is 9.74. The lowest BCUT2D eigenvalue weighted by molar-refractivity contribution is -0.116. The van der Waals surface area contributed by atoms with Gasteiger partial charge in [-0.3, -0.25) is 4.79 Å². The molecule has 170 valence electrons. The summed E-state index contributed by atoms with van der Waals surface area (Å²) < 4.78 is 37.1. The number of nitrogens with zero attached hydrogens (tertiary/aromatic N) is 2. The maximum Gasteiger partial charge on any atom is 0.246 e. The number of amides is 1. The molecular weight excluding hydrogens is 430 g/mol. The number of carbonyl (C=O) groups is 1. The van der Waals surface area contributed by atoms with Crippen LogP contribution < -0.4 is 10.1 Å². The zero-order valence-electron chi connectivity index (χ0n) is 18.8. The van der Waals surface area contributed by atoms with E-state index in [9.17, 15) is 13.2 Å². The van der Waals surface area contributed by atoms with Crippen molar-refractivity contribution >= 4 is 21.6 Å². The van der Waals surface area contributed by atoms with Gasteiger partial charge in [-0.05, 0) is 49.2 Å². The highest BCUT2D eigenvalue weighted by atomic mass is 32.2. The average molecular weight is 458 g/mol. The zero-order chi connectivity index (χ0) is 23.5. The van der Waals surface area contributed by atoms with Crippen molar-refractivity contribution in [3.8, 4) is 17.1 Å². The standard InChI is InChI=1S/C23H27N3O5S/c1-15-6-7-17(12-16(15)2)20-14-24-23(31-20)11-10-22(27)25-18-8-9-19(30-5)21(13-18)32(28,29)26(3)4/h6-9,12-14H,10-11H2,1-5H3,(H,25,27). The predicted octanol–water partition coefficient (Wildman–Crippen LogP) is 3.79. The molecular formula is C23H27N3O5S. The third kappa shape index (κ3) is 5.17. The summed E-state index contributed by atoms with van der Waals surface area (Å²) in [5, 5.41) is 2.72. The summed E-state index contributed by atoms with van der Waals surface area (Å²) in [5.74, 6) is 1.03. The van der Waals surface area contributed by atoms with Gasteiger partial charge in [0.05, 0.1) is 13.3 Å². The van der Waals surface area contributed by atoms with Crippen LogP contribution in [0.15, 0.2) is 51.9 Å². The molecule has 0 aliphatic carbocycles. The molecule has 0 saturated heterocycles. The van der Waals surface area contributed by atoms with E-state index in [1.807, 2.05) is 32.0 Å². The van der Waals surface area contributed by atoms with Gasteiger partial charge in [0.25, 0.3) is 0 Å². The Balaban J connectivity index is 1.67. The Hall–Kier alpha value is -3.17. The molecule has 1 heterocycles. The molecule has 0 saturated carbocycles. The summed E-state index contributed by atoms with van der Waals surface area (Å²) >= 11 is 0. The number of benzene rings is 2. The highest BCUT2D eigenvalue weighted by Crippen LogP contribution is 2.29. The highest BCUT2D eigenvalue weighted by molar-refractivity contribution is 7.89. The minimum absolute atomic E-state index is 0.0199. The fraction of sp³-hybridized carbons (Fsp3) is 0.304. The number of aromatic nitrogens is 1. The maximum absolute atomic E-state index is 12.5. The lowest BCUT2D eigenvalue weighted by Gasteiger charge is -2.15. The van der Waals surface area contributed by atoms with Gasteiger partial charge < -0.3 is 14.5 Å². The smallest absolute Gasteiger partial charge is 0.246 e. The molecule has 8 nitrogen and oxygen atoms in total. The SMILES string of the molecule is COc1ccc(NC(=O)CCc2ncc(-c3ccc(C)c(C)c3)o2)cc1S(=O)(=O)N(C)C. The van der Waals surface area contributed by atoms with Gasteiger partial charge in [0.15, 0.2) is 11.7 Å². The topological polar surface area (TPSA) is 102 Å². The third-order valence-electron chi connectivity index (χ3n) is 5.12. The summed E-state index contributed by atoms with van der Waals surface area (Å²) in [6.07, 6.45) is 2.10. The molecule has 0 bridgehead atoms. The number of sulfonamides is 1. The quantitative estimate of drug-likeness (QED) is 0.552. The molecule has 1 aromatic heterocycles. The molecule has 0 spiro atoms. The van der Waals surface area contributed by atoms with Gasteiger partial charge in [-0.1, -0.05) is 12.1 Å². The lowest BCUT2D eigenvalue weighted by atomic mass is 10.1. The minimum Gasteiger partial charge on any atom is -0.495 e. The maximum atomic E-state index is 12.5. The van der Waals surface area contributed by atoms with Crippen LogP contribution in [0.25, 0.3) is 11.3 Å². The van der Waals surface area contributed by atoms with Crippen molar-refractivity contribution in [1.82, 2.24) is 9.29 Å². The Labute approximate surface area is 188 Å². The Kier molecular flexibility index (Phi) is 7.00. The van der Waals surface area contributed by atoms with E-state index in [1.54, 1.807) is 12.3 Å². The van der Waals surface area contributed by atoms with Crippen molar-refractivity contribution in [2.75, 3.05) is 26.5 Å². The van der Waals surface area contributed by atoms with Crippen LogP contribution in [0.3, 0.4) is 0 Å². The first kappa shape index (κ1) is 23.5. The number of hydrogen-bond donors (Lipinski definition) is 1. The summed E-state index contributed by atoms with van der Waals surface area (Å²) in [4.78, 5) is 16.7. The number of methoxy groups -OCH3 is 1. The van der Waals surface area contributed by atoms with Crippen molar-refractivity contribution in [3.05, 3.63) is 59.6 Å². The Morgan fingerprint density at radius 2 is 1.88 bits per heavy atom. The molecule has 3 aromatic rings. The highest BCUT2D eigenvalue weighted by Gasteiger charge is 2.23. The predicted molar refractivity (Wildman–Crippen MR) is 122 cm³/mol. The molecule has 3 rings (SSSR count). The van der Waals surface area contributed by atoms with E-state index in [1.165, 1.54) is 38.9 Å². The van der Waals surface area contributed by atoms with Crippen molar-refractivity contribution in [2.24, 2.45) is 0 Å². The van der Waals surface area contributed by atoms with Crippen molar-refractivity contribution in [3.63, 3.8) is 0 Å². The lowest BCUT2D eigenvalue weighted by Crippen LogP contribution is -2.23. The fourth-order valence-corrected chi connectivity index (χ4v) is 4.13.